The molecule has 0 aliphatic heterocycles. The average molecular weight is 494 g/mol. The van der Waals surface area contributed by atoms with E-state index in [9.17, 15) is 18.0 Å². The van der Waals surface area contributed by atoms with Gasteiger partial charge in [-0.3, -0.25) is 13.9 Å². The Morgan fingerprint density at radius 3 is 2.03 bits per heavy atom. The van der Waals surface area contributed by atoms with E-state index in [-0.39, 0.29) is 17.5 Å². The highest BCUT2D eigenvalue weighted by Crippen LogP contribution is 2.25. The monoisotopic (exact) mass is 493 g/mol. The second kappa shape index (κ2) is 10.7. The average Bonchev–Trinajstić information content (AvgIpc) is 2.78. The second-order valence-corrected chi connectivity index (χ2v) is 10.6. The van der Waals surface area contributed by atoms with Gasteiger partial charge in [0.2, 0.25) is 15.9 Å². The summed E-state index contributed by atoms with van der Waals surface area (Å²) in [5, 5.41) is 5.69. The summed E-state index contributed by atoms with van der Waals surface area (Å²) in [6.45, 7) is 7.14. The van der Waals surface area contributed by atoms with Crippen molar-refractivity contribution in [3.63, 3.8) is 0 Å². The SMILES string of the molecule is Cc1cc(C)cc(N([C@H](C)C(=O)Nc2ccccc2C(=O)N[C@H](C)c2ccccc2)S(C)(=O)=O)c1. The number of carbonyl (C=O) groups excluding carboxylic acids is 2. The van der Waals surface area contributed by atoms with Crippen molar-refractivity contribution >= 4 is 33.2 Å². The summed E-state index contributed by atoms with van der Waals surface area (Å²) < 4.78 is 26.4. The minimum absolute atomic E-state index is 0.239. The van der Waals surface area contributed by atoms with Crippen molar-refractivity contribution < 1.29 is 18.0 Å². The lowest BCUT2D eigenvalue weighted by Gasteiger charge is -2.29. The van der Waals surface area contributed by atoms with Crippen LogP contribution in [-0.2, 0) is 14.8 Å². The minimum atomic E-state index is -3.77. The van der Waals surface area contributed by atoms with Crippen molar-refractivity contribution in [2.75, 3.05) is 15.9 Å². The van der Waals surface area contributed by atoms with Crippen LogP contribution in [0.25, 0.3) is 0 Å². The fourth-order valence-corrected chi connectivity index (χ4v) is 5.17. The maximum absolute atomic E-state index is 13.2. The molecule has 184 valence electrons. The number of para-hydroxylation sites is 1. The Bertz CT molecular complexity index is 1300. The maximum atomic E-state index is 13.2. The Kier molecular flexibility index (Phi) is 7.96. The van der Waals surface area contributed by atoms with Gasteiger partial charge in [0.05, 0.1) is 29.2 Å². The van der Waals surface area contributed by atoms with Crippen LogP contribution in [-0.4, -0.2) is 32.5 Å². The van der Waals surface area contributed by atoms with Gasteiger partial charge in [0.1, 0.15) is 6.04 Å². The van der Waals surface area contributed by atoms with Crippen molar-refractivity contribution in [1.29, 1.82) is 0 Å². The number of anilines is 2. The zero-order chi connectivity index (χ0) is 25.8. The first kappa shape index (κ1) is 26.0. The summed E-state index contributed by atoms with van der Waals surface area (Å²) in [6.07, 6.45) is 1.07. The predicted molar refractivity (Wildman–Crippen MR) is 140 cm³/mol. The summed E-state index contributed by atoms with van der Waals surface area (Å²) in [7, 11) is -3.77. The maximum Gasteiger partial charge on any atom is 0.253 e. The molecular weight excluding hydrogens is 462 g/mol. The molecule has 0 unspecified atom stereocenters. The molecule has 0 radical (unpaired) electrons. The van der Waals surface area contributed by atoms with Gasteiger partial charge in [-0.15, -0.1) is 0 Å². The zero-order valence-corrected chi connectivity index (χ0v) is 21.4. The highest BCUT2D eigenvalue weighted by molar-refractivity contribution is 7.92. The molecule has 3 rings (SSSR count). The number of amides is 2. The molecule has 0 fully saturated rings. The van der Waals surface area contributed by atoms with Crippen molar-refractivity contribution in [3.8, 4) is 0 Å². The van der Waals surface area contributed by atoms with Gasteiger partial charge in [0.15, 0.2) is 0 Å². The first-order chi connectivity index (χ1) is 16.5. The highest BCUT2D eigenvalue weighted by Gasteiger charge is 2.30. The predicted octanol–water partition coefficient (Wildman–Crippen LogP) is 4.59. The molecule has 3 aromatic rings. The van der Waals surface area contributed by atoms with E-state index in [2.05, 4.69) is 10.6 Å². The van der Waals surface area contributed by atoms with E-state index < -0.39 is 22.0 Å². The van der Waals surface area contributed by atoms with Crippen LogP contribution < -0.4 is 14.9 Å². The molecular formula is C27H31N3O4S. The largest absolute Gasteiger partial charge is 0.345 e. The van der Waals surface area contributed by atoms with Crippen LogP contribution in [0.4, 0.5) is 11.4 Å². The number of nitrogens with one attached hydrogen (secondary N) is 2. The normalized spacial score (nSPS) is 12.9. The minimum Gasteiger partial charge on any atom is -0.345 e. The van der Waals surface area contributed by atoms with Crippen LogP contribution >= 0.6 is 0 Å². The summed E-state index contributed by atoms with van der Waals surface area (Å²) in [4.78, 5) is 26.2. The van der Waals surface area contributed by atoms with E-state index in [1.54, 1.807) is 36.4 Å². The van der Waals surface area contributed by atoms with Crippen LogP contribution in [0, 0.1) is 13.8 Å². The first-order valence-corrected chi connectivity index (χ1v) is 13.2. The van der Waals surface area contributed by atoms with Gasteiger partial charge < -0.3 is 10.6 Å². The van der Waals surface area contributed by atoms with Gasteiger partial charge in [0.25, 0.3) is 5.91 Å². The Balaban J connectivity index is 1.84. The number of sulfonamides is 1. The molecule has 35 heavy (non-hydrogen) atoms. The smallest absolute Gasteiger partial charge is 0.253 e. The number of nitrogens with zero attached hydrogens (tertiary/aromatic N) is 1. The molecule has 2 amide bonds. The van der Waals surface area contributed by atoms with Crippen molar-refractivity contribution in [3.05, 3.63) is 95.1 Å². The third-order valence-corrected chi connectivity index (χ3v) is 6.87. The number of hydrogen-bond acceptors (Lipinski definition) is 4. The number of hydrogen-bond donors (Lipinski definition) is 2. The fraction of sp³-hybridized carbons (Fsp3) is 0.259. The second-order valence-electron chi connectivity index (χ2n) is 8.72. The van der Waals surface area contributed by atoms with Crippen molar-refractivity contribution in [1.82, 2.24) is 5.32 Å². The summed E-state index contributed by atoms with van der Waals surface area (Å²) in [5.41, 5.74) is 3.72. The van der Waals surface area contributed by atoms with Crippen LogP contribution in [0.1, 0.15) is 46.9 Å². The third kappa shape index (κ3) is 6.48. The van der Waals surface area contributed by atoms with Gasteiger partial charge in [-0.2, -0.15) is 0 Å². The fourth-order valence-electron chi connectivity index (χ4n) is 4.01. The molecule has 2 N–H and O–H groups in total. The Hall–Kier alpha value is -3.65. The third-order valence-electron chi connectivity index (χ3n) is 5.63. The van der Waals surface area contributed by atoms with Gasteiger partial charge in [0, 0.05) is 0 Å². The highest BCUT2D eigenvalue weighted by atomic mass is 32.2. The first-order valence-electron chi connectivity index (χ1n) is 11.3. The topological polar surface area (TPSA) is 95.6 Å². The van der Waals surface area contributed by atoms with Gasteiger partial charge in [-0.25, -0.2) is 8.42 Å². The van der Waals surface area contributed by atoms with Gasteiger partial charge in [-0.1, -0.05) is 48.5 Å². The molecule has 0 saturated heterocycles. The molecule has 3 aromatic carbocycles. The molecule has 0 aromatic heterocycles. The van der Waals surface area contributed by atoms with Crippen LogP contribution in [0.3, 0.4) is 0 Å². The molecule has 0 bridgehead atoms. The van der Waals surface area contributed by atoms with E-state index in [4.69, 9.17) is 0 Å². The number of rotatable bonds is 8. The van der Waals surface area contributed by atoms with E-state index >= 15 is 0 Å². The van der Waals surface area contributed by atoms with Crippen molar-refractivity contribution in [2.45, 2.75) is 39.8 Å². The molecule has 0 aliphatic carbocycles. The molecule has 0 heterocycles. The van der Waals surface area contributed by atoms with Crippen LogP contribution in [0.2, 0.25) is 0 Å². The van der Waals surface area contributed by atoms with E-state index in [1.165, 1.54) is 6.92 Å². The molecule has 0 aliphatic rings. The van der Waals surface area contributed by atoms with Crippen molar-refractivity contribution in [2.24, 2.45) is 0 Å². The lowest BCUT2D eigenvalue weighted by molar-refractivity contribution is -0.116. The molecule has 8 heteroatoms. The quantitative estimate of drug-likeness (QED) is 0.480. The van der Waals surface area contributed by atoms with Crippen LogP contribution in [0.15, 0.2) is 72.8 Å². The summed E-state index contributed by atoms with van der Waals surface area (Å²) in [5.74, 6) is -0.898. The lowest BCUT2D eigenvalue weighted by atomic mass is 10.1. The van der Waals surface area contributed by atoms with Gasteiger partial charge >= 0.3 is 0 Å². The van der Waals surface area contributed by atoms with E-state index in [1.807, 2.05) is 57.2 Å². The molecule has 2 atom stereocenters. The summed E-state index contributed by atoms with van der Waals surface area (Å²) in [6, 6.07) is 20.3. The number of aryl methyl sites for hydroxylation is 2. The van der Waals surface area contributed by atoms with E-state index in [0.717, 1.165) is 27.3 Å². The zero-order valence-electron chi connectivity index (χ0n) is 20.6. The Labute approximate surface area is 207 Å². The number of carbonyl (C=O) groups is 2. The van der Waals surface area contributed by atoms with Gasteiger partial charge in [-0.05, 0) is 68.7 Å². The van der Waals surface area contributed by atoms with Crippen LogP contribution in [0.5, 0.6) is 0 Å². The summed E-state index contributed by atoms with van der Waals surface area (Å²) >= 11 is 0. The molecule has 7 nitrogen and oxygen atoms in total. The number of benzene rings is 3. The Morgan fingerprint density at radius 2 is 1.43 bits per heavy atom. The Morgan fingerprint density at radius 1 is 0.857 bits per heavy atom. The van der Waals surface area contributed by atoms with E-state index in [0.29, 0.717) is 11.4 Å². The standard InChI is InChI=1S/C27H31N3O4S/c1-18-15-19(2)17-23(16-18)30(35(5,33)34)21(4)26(31)29-25-14-10-9-13-24(25)27(32)28-20(3)22-11-7-6-8-12-22/h6-17,20-21H,1-5H3,(H,28,32)(H,29,31)/t20-,21-/m1/s1. The lowest BCUT2D eigenvalue weighted by Crippen LogP contribution is -2.45. The molecule has 0 spiro atoms. The molecule has 0 saturated carbocycles.